The molecule has 0 saturated carbocycles. The first-order valence-electron chi connectivity index (χ1n) is 9.47. The van der Waals surface area contributed by atoms with E-state index in [1.165, 1.54) is 0 Å². The van der Waals surface area contributed by atoms with E-state index in [1.807, 2.05) is 19.1 Å². The lowest BCUT2D eigenvalue weighted by Crippen LogP contribution is -2.60. The highest BCUT2D eigenvalue weighted by molar-refractivity contribution is 5.72. The molecule has 1 saturated heterocycles. The van der Waals surface area contributed by atoms with Crippen LogP contribution >= 0.6 is 0 Å². The highest BCUT2D eigenvalue weighted by Crippen LogP contribution is 2.40. The fourth-order valence-corrected chi connectivity index (χ4v) is 3.78. The number of nitriles is 2. The molecule has 1 unspecified atom stereocenters. The minimum Gasteiger partial charge on any atom is -0.443 e. The molecular formula is C21H28N4O2. The van der Waals surface area contributed by atoms with Crippen molar-refractivity contribution in [2.75, 3.05) is 13.1 Å². The highest BCUT2D eigenvalue weighted by atomic mass is 16.6. The van der Waals surface area contributed by atoms with Crippen molar-refractivity contribution in [2.45, 2.75) is 64.6 Å². The second kappa shape index (κ2) is 8.41. The zero-order valence-electron chi connectivity index (χ0n) is 16.7. The number of piperidine rings is 1. The van der Waals surface area contributed by atoms with Crippen molar-refractivity contribution in [3.05, 3.63) is 35.4 Å². The van der Waals surface area contributed by atoms with Gasteiger partial charge >= 0.3 is 6.09 Å². The van der Waals surface area contributed by atoms with Crippen LogP contribution in [0.15, 0.2) is 24.3 Å². The molecule has 2 rings (SSSR count). The predicted molar refractivity (Wildman–Crippen MR) is 102 cm³/mol. The van der Waals surface area contributed by atoms with Gasteiger partial charge in [0.2, 0.25) is 0 Å². The lowest BCUT2D eigenvalue weighted by atomic mass is 9.87. The van der Waals surface area contributed by atoms with E-state index >= 15 is 0 Å². The van der Waals surface area contributed by atoms with Gasteiger partial charge in [0.05, 0.1) is 11.6 Å². The van der Waals surface area contributed by atoms with Crippen LogP contribution in [0.1, 0.15) is 64.5 Å². The third-order valence-electron chi connectivity index (χ3n) is 4.90. The summed E-state index contributed by atoms with van der Waals surface area (Å²) in [6.07, 6.45) is 4.95. The van der Waals surface area contributed by atoms with E-state index in [0.717, 1.165) is 37.3 Å². The largest absolute Gasteiger partial charge is 0.443 e. The molecule has 0 radical (unpaired) electrons. The first-order chi connectivity index (χ1) is 12.8. The van der Waals surface area contributed by atoms with E-state index in [9.17, 15) is 15.3 Å². The predicted octanol–water partition coefficient (Wildman–Crippen LogP) is 4.33. The van der Waals surface area contributed by atoms with Gasteiger partial charge in [0.25, 0.3) is 0 Å². The standard InChI is InChI=1S/C21H28N4O2/c1-5-21(24-13-9-6-10-14-24,18-12-8-7-11-17(18)15-22)25(16-23)19(26)27-20(2,3)4/h7-8,11-12H,5-6,9-10,13-14H2,1-4H3. The number of carbonyl (C=O) groups is 1. The average Bonchev–Trinajstić information content (AvgIpc) is 2.65. The molecule has 0 bridgehead atoms. The third kappa shape index (κ3) is 4.23. The Labute approximate surface area is 161 Å². The van der Waals surface area contributed by atoms with Crippen LogP contribution in [0, 0.1) is 22.8 Å². The second-order valence-electron chi connectivity index (χ2n) is 7.79. The summed E-state index contributed by atoms with van der Waals surface area (Å²) in [6.45, 7) is 8.79. The lowest BCUT2D eigenvalue weighted by molar-refractivity contribution is -0.0588. The summed E-state index contributed by atoms with van der Waals surface area (Å²) in [5, 5.41) is 19.7. The molecule has 1 atom stereocenters. The van der Waals surface area contributed by atoms with Crippen molar-refractivity contribution in [3.63, 3.8) is 0 Å². The summed E-state index contributed by atoms with van der Waals surface area (Å²) in [7, 11) is 0. The van der Waals surface area contributed by atoms with Gasteiger partial charge in [-0.05, 0) is 46.1 Å². The first kappa shape index (κ1) is 20.7. The normalized spacial score (nSPS) is 17.3. The number of likely N-dealkylation sites (tertiary alicyclic amines) is 1. The number of carbonyl (C=O) groups excluding carboxylic acids is 1. The van der Waals surface area contributed by atoms with Crippen LogP contribution < -0.4 is 0 Å². The van der Waals surface area contributed by atoms with Gasteiger partial charge in [0.1, 0.15) is 11.3 Å². The Kier molecular flexibility index (Phi) is 6.46. The molecule has 144 valence electrons. The molecular weight excluding hydrogens is 340 g/mol. The summed E-state index contributed by atoms with van der Waals surface area (Å²) >= 11 is 0. The molecule has 1 aliphatic rings. The first-order valence-corrected chi connectivity index (χ1v) is 9.47. The van der Waals surface area contributed by atoms with E-state index in [0.29, 0.717) is 17.5 Å². The van der Waals surface area contributed by atoms with Gasteiger partial charge in [-0.2, -0.15) is 15.4 Å². The fourth-order valence-electron chi connectivity index (χ4n) is 3.78. The topological polar surface area (TPSA) is 80.4 Å². The number of amides is 1. The average molecular weight is 368 g/mol. The van der Waals surface area contributed by atoms with E-state index in [2.05, 4.69) is 17.2 Å². The summed E-state index contributed by atoms with van der Waals surface area (Å²) in [6, 6.07) is 9.43. The van der Waals surface area contributed by atoms with Crippen LogP contribution in [0.2, 0.25) is 0 Å². The van der Waals surface area contributed by atoms with Gasteiger partial charge < -0.3 is 4.74 Å². The Morgan fingerprint density at radius 2 is 1.81 bits per heavy atom. The minimum absolute atomic E-state index is 0.466. The molecule has 27 heavy (non-hydrogen) atoms. The molecule has 1 aromatic rings. The molecule has 0 aromatic heterocycles. The molecule has 1 aliphatic heterocycles. The van der Waals surface area contributed by atoms with Gasteiger partial charge in [0, 0.05) is 18.7 Å². The van der Waals surface area contributed by atoms with Gasteiger partial charge in [-0.15, -0.1) is 0 Å². The smallest absolute Gasteiger partial charge is 0.425 e. The summed E-state index contributed by atoms with van der Waals surface area (Å²) in [5.41, 5.74) is -0.621. The summed E-state index contributed by atoms with van der Waals surface area (Å²) in [5.74, 6) is 0. The molecule has 1 amide bonds. The van der Waals surface area contributed by atoms with Crippen LogP contribution in [0.25, 0.3) is 0 Å². The van der Waals surface area contributed by atoms with Crippen LogP contribution in [-0.2, 0) is 10.4 Å². The quantitative estimate of drug-likeness (QED) is 0.584. The van der Waals surface area contributed by atoms with Crippen molar-refractivity contribution in [1.82, 2.24) is 9.80 Å². The highest BCUT2D eigenvalue weighted by Gasteiger charge is 2.48. The number of nitrogens with zero attached hydrogens (tertiary/aromatic N) is 4. The maximum Gasteiger partial charge on any atom is 0.425 e. The van der Waals surface area contributed by atoms with Gasteiger partial charge in [-0.1, -0.05) is 31.5 Å². The molecule has 1 aromatic carbocycles. The molecule has 0 spiro atoms. The van der Waals surface area contributed by atoms with Gasteiger partial charge in [-0.3, -0.25) is 4.90 Å². The Morgan fingerprint density at radius 1 is 1.19 bits per heavy atom. The zero-order chi connectivity index (χ0) is 20.1. The Balaban J connectivity index is 2.66. The van der Waals surface area contributed by atoms with Crippen LogP contribution in [0.5, 0.6) is 0 Å². The molecule has 6 heteroatoms. The number of hydrogen-bond acceptors (Lipinski definition) is 5. The van der Waals surface area contributed by atoms with E-state index in [-0.39, 0.29) is 0 Å². The third-order valence-corrected chi connectivity index (χ3v) is 4.90. The van der Waals surface area contributed by atoms with E-state index in [4.69, 9.17) is 4.74 Å². The van der Waals surface area contributed by atoms with Crippen molar-refractivity contribution in [3.8, 4) is 12.3 Å². The Bertz CT molecular complexity index is 751. The van der Waals surface area contributed by atoms with Crippen LogP contribution in [0.4, 0.5) is 4.79 Å². The number of hydrogen-bond donors (Lipinski definition) is 0. The van der Waals surface area contributed by atoms with E-state index < -0.39 is 17.4 Å². The molecule has 0 N–H and O–H groups in total. The van der Waals surface area contributed by atoms with E-state index in [1.54, 1.807) is 32.9 Å². The monoisotopic (exact) mass is 368 g/mol. The van der Waals surface area contributed by atoms with Crippen molar-refractivity contribution >= 4 is 6.09 Å². The maximum atomic E-state index is 13.0. The zero-order valence-corrected chi connectivity index (χ0v) is 16.7. The number of rotatable bonds is 4. The lowest BCUT2D eigenvalue weighted by Gasteiger charge is -2.49. The molecule has 1 fully saturated rings. The number of ether oxygens (including phenoxy) is 1. The Morgan fingerprint density at radius 3 is 2.33 bits per heavy atom. The molecule has 6 nitrogen and oxygen atoms in total. The maximum absolute atomic E-state index is 13.0. The number of benzene rings is 1. The fraction of sp³-hybridized carbons (Fsp3) is 0.571. The van der Waals surface area contributed by atoms with Gasteiger partial charge in [0.15, 0.2) is 6.19 Å². The minimum atomic E-state index is -1.04. The van der Waals surface area contributed by atoms with Crippen LogP contribution in [-0.4, -0.2) is 34.6 Å². The summed E-state index contributed by atoms with van der Waals surface area (Å²) in [4.78, 5) is 16.3. The van der Waals surface area contributed by atoms with Crippen molar-refractivity contribution in [1.29, 1.82) is 10.5 Å². The van der Waals surface area contributed by atoms with Crippen molar-refractivity contribution in [2.24, 2.45) is 0 Å². The SMILES string of the molecule is CCC(c1ccccc1C#N)(N1CCCCC1)N(C#N)C(=O)OC(C)(C)C. The second-order valence-corrected chi connectivity index (χ2v) is 7.79. The molecule has 1 heterocycles. The Hall–Kier alpha value is -2.57. The molecule has 0 aliphatic carbocycles. The van der Waals surface area contributed by atoms with Gasteiger partial charge in [-0.25, -0.2) is 4.79 Å². The summed E-state index contributed by atoms with van der Waals surface area (Å²) < 4.78 is 5.54. The van der Waals surface area contributed by atoms with Crippen LogP contribution in [0.3, 0.4) is 0 Å². The van der Waals surface area contributed by atoms with Crippen molar-refractivity contribution < 1.29 is 9.53 Å².